The summed E-state index contributed by atoms with van der Waals surface area (Å²) in [7, 11) is 0. The van der Waals surface area contributed by atoms with Crippen LogP contribution in [0.15, 0.2) is 30.3 Å². The first kappa shape index (κ1) is 9.60. The summed E-state index contributed by atoms with van der Waals surface area (Å²) in [5, 5.41) is 10.7. The van der Waals surface area contributed by atoms with E-state index in [9.17, 15) is 10.1 Å². The Balaban J connectivity index is 2.67. The maximum absolute atomic E-state index is 10.4. The standard InChI is InChI=1S/C8H8N2O2S/c11-10(12)9(7-13)6-8-4-2-1-3-5-8/h1-5,7H,6H2. The van der Waals surface area contributed by atoms with Crippen LogP contribution in [0.4, 0.5) is 0 Å². The van der Waals surface area contributed by atoms with Crippen molar-refractivity contribution < 1.29 is 5.03 Å². The van der Waals surface area contributed by atoms with Gasteiger partial charge in [-0.1, -0.05) is 47.6 Å². The molecule has 0 aromatic heterocycles. The van der Waals surface area contributed by atoms with Crippen LogP contribution in [-0.4, -0.2) is 15.5 Å². The first-order valence-electron chi connectivity index (χ1n) is 3.64. The van der Waals surface area contributed by atoms with Gasteiger partial charge in [0, 0.05) is 0 Å². The highest BCUT2D eigenvalue weighted by molar-refractivity contribution is 7.78. The second kappa shape index (κ2) is 4.51. The minimum Gasteiger partial charge on any atom is -0.234 e. The summed E-state index contributed by atoms with van der Waals surface area (Å²) in [6.45, 7) is 0.206. The summed E-state index contributed by atoms with van der Waals surface area (Å²) in [4.78, 5) is 10.4. The van der Waals surface area contributed by atoms with Gasteiger partial charge in [0.25, 0.3) is 0 Å². The maximum Gasteiger partial charge on any atom is 0.165 e. The summed E-state index contributed by atoms with van der Waals surface area (Å²) >= 11 is 4.51. The fourth-order valence-corrected chi connectivity index (χ4v) is 1.06. The third kappa shape index (κ3) is 2.79. The van der Waals surface area contributed by atoms with Crippen molar-refractivity contribution in [3.8, 4) is 0 Å². The highest BCUT2D eigenvalue weighted by Crippen LogP contribution is 2.02. The Hall–Kier alpha value is -1.49. The third-order valence-electron chi connectivity index (χ3n) is 1.52. The van der Waals surface area contributed by atoms with Crippen molar-refractivity contribution in [1.82, 2.24) is 5.01 Å². The van der Waals surface area contributed by atoms with Crippen LogP contribution in [0.3, 0.4) is 0 Å². The summed E-state index contributed by atoms with van der Waals surface area (Å²) in [5.41, 5.74) is 1.90. The molecule has 0 spiro atoms. The molecule has 0 unspecified atom stereocenters. The van der Waals surface area contributed by atoms with Crippen LogP contribution >= 0.6 is 12.2 Å². The lowest BCUT2D eigenvalue weighted by Crippen LogP contribution is -2.26. The molecule has 0 radical (unpaired) electrons. The van der Waals surface area contributed by atoms with Gasteiger partial charge in [-0.15, -0.1) is 0 Å². The molecule has 0 aliphatic carbocycles. The van der Waals surface area contributed by atoms with E-state index in [1.54, 1.807) is 0 Å². The van der Waals surface area contributed by atoms with Crippen LogP contribution in [0.5, 0.6) is 0 Å². The summed E-state index contributed by atoms with van der Waals surface area (Å²) in [5.74, 6) is 0. The van der Waals surface area contributed by atoms with Gasteiger partial charge in [-0.25, -0.2) is 10.1 Å². The molecule has 0 saturated carbocycles. The molecule has 0 fully saturated rings. The quantitative estimate of drug-likeness (QED) is 0.417. The van der Waals surface area contributed by atoms with Crippen LogP contribution in [0.25, 0.3) is 0 Å². The molecule has 13 heavy (non-hydrogen) atoms. The Labute approximate surface area is 80.9 Å². The Bertz CT molecular complexity index is 302. The zero-order valence-corrected chi connectivity index (χ0v) is 7.61. The summed E-state index contributed by atoms with van der Waals surface area (Å²) < 4.78 is 0. The molecule has 4 nitrogen and oxygen atoms in total. The Morgan fingerprint density at radius 2 is 2.08 bits per heavy atom. The van der Waals surface area contributed by atoms with Gasteiger partial charge < -0.3 is 0 Å². The average Bonchev–Trinajstić information content (AvgIpc) is 2.15. The lowest BCUT2D eigenvalue weighted by molar-refractivity contribution is -0.630. The number of rotatable bonds is 4. The van der Waals surface area contributed by atoms with Crippen LogP contribution in [0.1, 0.15) is 5.56 Å². The topological polar surface area (TPSA) is 46.4 Å². The number of nitrogens with zero attached hydrogens (tertiary/aromatic N) is 2. The lowest BCUT2D eigenvalue weighted by Gasteiger charge is -2.07. The van der Waals surface area contributed by atoms with E-state index in [1.165, 1.54) is 0 Å². The van der Waals surface area contributed by atoms with E-state index >= 15 is 0 Å². The van der Waals surface area contributed by atoms with Gasteiger partial charge in [0.2, 0.25) is 0 Å². The van der Waals surface area contributed by atoms with E-state index in [0.29, 0.717) is 0 Å². The Kier molecular flexibility index (Phi) is 3.33. The first-order valence-corrected chi connectivity index (χ1v) is 4.11. The molecule has 0 bridgehead atoms. The van der Waals surface area contributed by atoms with Crippen molar-refractivity contribution in [3.63, 3.8) is 0 Å². The van der Waals surface area contributed by atoms with E-state index in [2.05, 4.69) is 12.2 Å². The van der Waals surface area contributed by atoms with Crippen molar-refractivity contribution in [1.29, 1.82) is 0 Å². The summed E-state index contributed by atoms with van der Waals surface area (Å²) in [6.07, 6.45) is 0. The molecular formula is C8H8N2O2S. The number of hydrogen-bond donors (Lipinski definition) is 0. The molecule has 0 aliphatic heterocycles. The number of nitro groups is 1. The number of thiocarbonyl (C=S) groups is 1. The van der Waals surface area contributed by atoms with Gasteiger partial charge in [-0.2, -0.15) is 0 Å². The molecule has 0 saturated heterocycles. The van der Waals surface area contributed by atoms with Gasteiger partial charge in [-0.05, 0) is 5.56 Å². The first-order chi connectivity index (χ1) is 6.24. The van der Waals surface area contributed by atoms with Crippen LogP contribution in [0, 0.1) is 10.1 Å². The maximum atomic E-state index is 10.4. The van der Waals surface area contributed by atoms with Crippen LogP contribution < -0.4 is 0 Å². The van der Waals surface area contributed by atoms with Gasteiger partial charge in [-0.3, -0.25) is 0 Å². The van der Waals surface area contributed by atoms with Gasteiger partial charge >= 0.3 is 0 Å². The van der Waals surface area contributed by atoms with E-state index in [4.69, 9.17) is 0 Å². The number of benzene rings is 1. The fraction of sp³-hybridized carbons (Fsp3) is 0.125. The zero-order valence-electron chi connectivity index (χ0n) is 6.79. The van der Waals surface area contributed by atoms with E-state index in [0.717, 1.165) is 16.1 Å². The number of hydrogen-bond acceptors (Lipinski definition) is 3. The number of hydrazine groups is 1. The highest BCUT2D eigenvalue weighted by Gasteiger charge is 2.09. The Morgan fingerprint density at radius 1 is 1.46 bits per heavy atom. The van der Waals surface area contributed by atoms with Gasteiger partial charge in [0.1, 0.15) is 12.0 Å². The molecular weight excluding hydrogens is 188 g/mol. The van der Waals surface area contributed by atoms with Crippen molar-refractivity contribution in [2.45, 2.75) is 6.54 Å². The zero-order chi connectivity index (χ0) is 9.68. The third-order valence-corrected chi connectivity index (χ3v) is 1.76. The predicted octanol–water partition coefficient (Wildman–Crippen LogP) is 1.64. The molecule has 0 aliphatic rings. The van der Waals surface area contributed by atoms with Crippen molar-refractivity contribution in [2.75, 3.05) is 0 Å². The minimum atomic E-state index is -0.528. The predicted molar refractivity (Wildman–Crippen MR) is 52.6 cm³/mol. The normalized spacial score (nSPS) is 9.23. The van der Waals surface area contributed by atoms with Crippen molar-refractivity contribution in [2.24, 2.45) is 0 Å². The molecule has 1 aromatic carbocycles. The van der Waals surface area contributed by atoms with Gasteiger partial charge in [0.15, 0.2) is 5.03 Å². The minimum absolute atomic E-state index is 0.206. The molecule has 5 heteroatoms. The monoisotopic (exact) mass is 196 g/mol. The van der Waals surface area contributed by atoms with Gasteiger partial charge in [0.05, 0.1) is 0 Å². The molecule has 1 aromatic rings. The fourth-order valence-electron chi connectivity index (χ4n) is 0.904. The van der Waals surface area contributed by atoms with Crippen LogP contribution in [-0.2, 0) is 6.54 Å². The van der Waals surface area contributed by atoms with Crippen molar-refractivity contribution in [3.05, 3.63) is 46.0 Å². The van der Waals surface area contributed by atoms with E-state index < -0.39 is 5.03 Å². The largest absolute Gasteiger partial charge is 0.234 e. The highest BCUT2D eigenvalue weighted by atomic mass is 32.1. The molecule has 0 heterocycles. The molecule has 1 rings (SSSR count). The lowest BCUT2D eigenvalue weighted by atomic mass is 10.2. The van der Waals surface area contributed by atoms with Crippen LogP contribution in [0.2, 0.25) is 0 Å². The SMILES string of the molecule is O=[N+]([O-])N(C=S)Cc1ccccc1. The van der Waals surface area contributed by atoms with Crippen molar-refractivity contribution >= 4 is 17.7 Å². The van der Waals surface area contributed by atoms with E-state index in [1.807, 2.05) is 30.3 Å². The smallest absolute Gasteiger partial charge is 0.165 e. The van der Waals surface area contributed by atoms with E-state index in [-0.39, 0.29) is 6.54 Å². The molecule has 68 valence electrons. The summed E-state index contributed by atoms with van der Waals surface area (Å²) in [6, 6.07) is 9.15. The Morgan fingerprint density at radius 3 is 2.54 bits per heavy atom. The second-order valence-electron chi connectivity index (χ2n) is 2.43. The molecule has 0 amide bonds. The molecule has 0 N–H and O–H groups in total. The molecule has 0 atom stereocenters. The average molecular weight is 196 g/mol. The second-order valence-corrected chi connectivity index (χ2v) is 2.64.